The number of benzene rings is 4. The van der Waals surface area contributed by atoms with E-state index >= 15 is 0 Å². The van der Waals surface area contributed by atoms with Gasteiger partial charge in [0.2, 0.25) is 5.78 Å². The molecule has 6 aromatic rings. The molecule has 0 bridgehead atoms. The summed E-state index contributed by atoms with van der Waals surface area (Å²) in [5, 5.41) is 21.9. The zero-order valence-electron chi connectivity index (χ0n) is 38.6. The predicted octanol–water partition coefficient (Wildman–Crippen LogP) is 7.05. The number of ketones is 3. The number of H-pyrrole nitrogens is 2. The highest BCUT2D eigenvalue weighted by Crippen LogP contribution is 2.17. The maximum atomic E-state index is 11.6. The molecule has 0 aliphatic heterocycles. The molecule has 3 N–H and O–H groups in total. The molecule has 0 spiro atoms. The Hall–Kier alpha value is -8.08. The lowest BCUT2D eigenvalue weighted by Crippen LogP contribution is -2.21. The Kier molecular flexibility index (Phi) is 22.8. The molecule has 354 valence electrons. The van der Waals surface area contributed by atoms with Gasteiger partial charge in [-0.05, 0) is 104 Å². The monoisotopic (exact) mass is 920 g/mol. The van der Waals surface area contributed by atoms with Crippen molar-refractivity contribution >= 4 is 35.3 Å². The summed E-state index contributed by atoms with van der Waals surface area (Å²) in [6.07, 6.45) is 1.48. The number of methoxy groups -OCH3 is 4. The number of hydrogen-bond donors (Lipinski definition) is 3. The van der Waals surface area contributed by atoms with E-state index in [2.05, 4.69) is 25.1 Å². The molecule has 2 aromatic heterocycles. The molecule has 0 amide bonds. The van der Waals surface area contributed by atoms with E-state index in [-0.39, 0.29) is 30.3 Å². The number of carbonyl (C=O) groups is 6. The van der Waals surface area contributed by atoms with Gasteiger partial charge in [0.1, 0.15) is 34.6 Å². The molecule has 0 unspecified atom stereocenters. The molecule has 0 aliphatic rings. The summed E-state index contributed by atoms with van der Waals surface area (Å²) in [5.74, 6) is -0.192. The van der Waals surface area contributed by atoms with Crippen LogP contribution in [0.15, 0.2) is 109 Å². The molecule has 4 aromatic carbocycles. The van der Waals surface area contributed by atoms with Gasteiger partial charge in [0, 0.05) is 37.1 Å². The minimum absolute atomic E-state index is 0.0357. The Bertz CT molecular complexity index is 2480. The van der Waals surface area contributed by atoms with Crippen LogP contribution in [0.1, 0.15) is 81.8 Å². The van der Waals surface area contributed by atoms with Crippen molar-refractivity contribution in [1.82, 2.24) is 20.4 Å². The van der Waals surface area contributed by atoms with Crippen molar-refractivity contribution in [2.45, 2.75) is 52.9 Å². The quantitative estimate of drug-likeness (QED) is 0.0419. The molecule has 17 heteroatoms. The summed E-state index contributed by atoms with van der Waals surface area (Å²) < 4.78 is 29.6. The third kappa shape index (κ3) is 19.7. The fraction of sp³-hybridized carbons (Fsp3) is 0.280. The van der Waals surface area contributed by atoms with Crippen molar-refractivity contribution in [2.75, 3.05) is 41.7 Å². The minimum atomic E-state index is -1.03. The summed E-state index contributed by atoms with van der Waals surface area (Å²) in [6.45, 7) is 5.42. The number of nitrogens with one attached hydrogen (secondary N) is 2. The van der Waals surface area contributed by atoms with Gasteiger partial charge in [-0.2, -0.15) is 10.2 Å². The Morgan fingerprint density at radius 1 is 0.522 bits per heavy atom. The number of carboxylic acids is 1. The normalized spacial score (nSPS) is 9.96. The summed E-state index contributed by atoms with van der Waals surface area (Å²) >= 11 is 0. The lowest BCUT2D eigenvalue weighted by atomic mass is 10.1. The Balaban J connectivity index is 0.000000240. The van der Waals surface area contributed by atoms with Gasteiger partial charge in [-0.15, -0.1) is 0 Å². The molecule has 2 heterocycles. The van der Waals surface area contributed by atoms with Gasteiger partial charge in [-0.25, -0.2) is 14.4 Å². The molecule has 0 radical (unpaired) electrons. The van der Waals surface area contributed by atoms with Crippen molar-refractivity contribution in [2.24, 2.45) is 0 Å². The molecule has 0 saturated heterocycles. The van der Waals surface area contributed by atoms with E-state index < -0.39 is 30.1 Å². The highest BCUT2D eigenvalue weighted by molar-refractivity contribution is 6.37. The van der Waals surface area contributed by atoms with Gasteiger partial charge < -0.3 is 33.5 Å². The number of carbonyl (C=O) groups excluding carboxylic acids is 5. The third-order valence-electron chi connectivity index (χ3n) is 9.11. The first-order valence-electron chi connectivity index (χ1n) is 20.9. The lowest BCUT2D eigenvalue weighted by molar-refractivity contribution is -0.154. The van der Waals surface area contributed by atoms with Gasteiger partial charge in [0.25, 0.3) is 0 Å². The minimum Gasteiger partial charge on any atom is -0.497 e. The Morgan fingerprint density at radius 2 is 0.896 bits per heavy atom. The highest BCUT2D eigenvalue weighted by Gasteiger charge is 2.19. The van der Waals surface area contributed by atoms with Crippen LogP contribution in [0.5, 0.6) is 23.0 Å². The molecule has 0 aliphatic carbocycles. The number of aromatic carboxylic acids is 1. The molecule has 17 nitrogen and oxygen atoms in total. The number of Topliss-reactive ketones (excluding diaryl/α,β-unsaturated/α-hetero) is 3. The highest BCUT2D eigenvalue weighted by atomic mass is 16.5. The molecular weight excluding hydrogens is 865 g/mol. The summed E-state index contributed by atoms with van der Waals surface area (Å²) in [6, 6.07) is 33.1. The second-order valence-corrected chi connectivity index (χ2v) is 14.2. The maximum absolute atomic E-state index is 11.6. The fourth-order valence-electron chi connectivity index (χ4n) is 5.78. The molecule has 0 fully saturated rings. The van der Waals surface area contributed by atoms with Crippen molar-refractivity contribution in [1.29, 1.82) is 0 Å². The third-order valence-corrected chi connectivity index (χ3v) is 9.11. The number of ether oxygens (including phenoxy) is 6. The predicted molar refractivity (Wildman–Crippen MR) is 247 cm³/mol. The number of carboxylic acid groups (broad SMARTS) is 1. The van der Waals surface area contributed by atoms with E-state index in [0.717, 1.165) is 50.9 Å². The zero-order valence-corrected chi connectivity index (χ0v) is 38.6. The smallest absolute Gasteiger partial charge is 0.375 e. The molecular formula is C50H56N4O13. The first-order chi connectivity index (χ1) is 32.2. The van der Waals surface area contributed by atoms with E-state index in [1.807, 2.05) is 72.8 Å². The van der Waals surface area contributed by atoms with Crippen LogP contribution in [-0.4, -0.2) is 102 Å². The molecule has 67 heavy (non-hydrogen) atoms. The molecule has 0 atom stereocenters. The standard InChI is InChI=1S/C14H16N2O3.C14H16O5.C12H12N2O3.C10H12O2/c1-3-19-14(17)13-9-11(15-16-13)8-10-4-6-12(18-2)7-5-10;1-3-19-14(17)13(16)9-11(15)8-10-4-6-12(18-2)7-5-10;1-17-10-4-2-8(3-5-10)6-9-7-11(12(15)16)14-13-9;1-8(11)7-9-3-5-10(12-2)6-4-9/h4-7,9H,3,8H2,1-2H3,(H,15,16);4-7H,3,8-9H2,1-2H3;2-5,7H,6H2,1H3,(H,13,14)(H,15,16);3-6H,7H2,1-2H3. The fourth-order valence-corrected chi connectivity index (χ4v) is 5.78. The number of aromatic nitrogens is 4. The zero-order chi connectivity index (χ0) is 49.1. The van der Waals surface area contributed by atoms with E-state index in [9.17, 15) is 28.8 Å². The van der Waals surface area contributed by atoms with Crippen LogP contribution in [0.4, 0.5) is 0 Å². The van der Waals surface area contributed by atoms with E-state index in [4.69, 9.17) is 28.8 Å². The van der Waals surface area contributed by atoms with Crippen LogP contribution in [0.2, 0.25) is 0 Å². The van der Waals surface area contributed by atoms with Gasteiger partial charge >= 0.3 is 17.9 Å². The topological polar surface area (TPSA) is 235 Å². The summed E-state index contributed by atoms with van der Waals surface area (Å²) in [7, 11) is 6.43. The number of rotatable bonds is 19. The van der Waals surface area contributed by atoms with E-state index in [0.29, 0.717) is 37.3 Å². The number of aromatic amines is 2. The largest absolute Gasteiger partial charge is 0.497 e. The van der Waals surface area contributed by atoms with Gasteiger partial charge in [0.05, 0.1) is 48.1 Å². The van der Waals surface area contributed by atoms with Crippen molar-refractivity contribution < 1.29 is 62.3 Å². The average molecular weight is 921 g/mol. The van der Waals surface area contributed by atoms with Crippen molar-refractivity contribution in [3.05, 3.63) is 154 Å². The first kappa shape index (κ1) is 53.3. The van der Waals surface area contributed by atoms with Gasteiger partial charge in [0.15, 0.2) is 11.4 Å². The SMILES string of the molecule is CCOC(=O)C(=O)CC(=O)Cc1ccc(OC)cc1.CCOC(=O)c1cc(Cc2ccc(OC)cc2)[nH]n1.COc1ccc(CC(C)=O)cc1.COc1ccc(Cc2cc(C(=O)O)n[nH]2)cc1. The van der Waals surface area contributed by atoms with Crippen molar-refractivity contribution in [3.63, 3.8) is 0 Å². The number of nitrogens with zero attached hydrogens (tertiary/aromatic N) is 2. The summed E-state index contributed by atoms with van der Waals surface area (Å²) in [4.78, 5) is 66.9. The van der Waals surface area contributed by atoms with Crippen LogP contribution >= 0.6 is 0 Å². The molecule has 0 saturated carbocycles. The van der Waals surface area contributed by atoms with Crippen LogP contribution in [0, 0.1) is 0 Å². The summed E-state index contributed by atoms with van der Waals surface area (Å²) in [5.41, 5.74) is 5.96. The molecule has 6 rings (SSSR count). The number of hydrogen-bond acceptors (Lipinski definition) is 14. The van der Waals surface area contributed by atoms with Crippen molar-refractivity contribution in [3.8, 4) is 23.0 Å². The Morgan fingerprint density at radius 3 is 1.25 bits per heavy atom. The second-order valence-electron chi connectivity index (χ2n) is 14.2. The first-order valence-corrected chi connectivity index (χ1v) is 20.9. The van der Waals surface area contributed by atoms with Crippen LogP contribution in [-0.2, 0) is 54.3 Å². The average Bonchev–Trinajstić information content (AvgIpc) is 4.01. The number of esters is 2. The van der Waals surface area contributed by atoms with Crippen LogP contribution in [0.25, 0.3) is 0 Å². The van der Waals surface area contributed by atoms with Crippen LogP contribution in [0.3, 0.4) is 0 Å². The Labute approximate surface area is 388 Å². The van der Waals surface area contributed by atoms with E-state index in [1.54, 1.807) is 79.5 Å². The van der Waals surface area contributed by atoms with Crippen LogP contribution < -0.4 is 18.9 Å². The lowest BCUT2D eigenvalue weighted by Gasteiger charge is -2.03. The van der Waals surface area contributed by atoms with Gasteiger partial charge in [-0.3, -0.25) is 24.6 Å². The second kappa shape index (κ2) is 28.7. The maximum Gasteiger partial charge on any atom is 0.375 e. The van der Waals surface area contributed by atoms with Gasteiger partial charge in [-0.1, -0.05) is 48.5 Å². The van der Waals surface area contributed by atoms with E-state index in [1.165, 1.54) is 6.07 Å².